The molecule has 2 aromatic rings. The number of hydrogen-bond donors (Lipinski definition) is 1. The molecule has 4 nitrogen and oxygen atoms in total. The maximum atomic E-state index is 14.2. The van der Waals surface area contributed by atoms with Crippen LogP contribution >= 0.6 is 35.0 Å². The predicted octanol–water partition coefficient (Wildman–Crippen LogP) is 5.31. The van der Waals surface area contributed by atoms with Gasteiger partial charge in [0.2, 0.25) is 11.8 Å². The zero-order chi connectivity index (χ0) is 22.1. The Labute approximate surface area is 191 Å². The van der Waals surface area contributed by atoms with E-state index in [-0.39, 0.29) is 24.1 Å². The van der Waals surface area contributed by atoms with E-state index in [1.54, 1.807) is 37.3 Å². The van der Waals surface area contributed by atoms with Crippen molar-refractivity contribution in [3.05, 3.63) is 69.5 Å². The molecule has 2 aromatic carbocycles. The lowest BCUT2D eigenvalue weighted by atomic mass is 10.1. The minimum atomic E-state index is -0.714. The third kappa shape index (κ3) is 7.18. The highest BCUT2D eigenvalue weighted by atomic mass is 35.5. The van der Waals surface area contributed by atoms with Crippen LogP contribution in [-0.2, 0) is 21.9 Å². The molecule has 0 aliphatic carbocycles. The standard InChI is InChI=1S/C22H25Cl2FN2O2S/c1-3-10-26-22(29)15(2)27(12-17-6-4-5-7-20(17)25)21(28)14-30-13-16-8-9-18(23)19(24)11-16/h4-9,11,15H,3,10,12-14H2,1-2H3,(H,26,29)/t15-/m1/s1. The maximum Gasteiger partial charge on any atom is 0.242 e. The van der Waals surface area contributed by atoms with Crippen molar-refractivity contribution in [2.75, 3.05) is 12.3 Å². The summed E-state index contributed by atoms with van der Waals surface area (Å²) in [6, 6.07) is 10.9. The van der Waals surface area contributed by atoms with Crippen LogP contribution in [0.25, 0.3) is 0 Å². The third-order valence-corrected chi connectivity index (χ3v) is 6.22. The molecule has 2 rings (SSSR count). The number of amides is 2. The molecule has 30 heavy (non-hydrogen) atoms. The monoisotopic (exact) mass is 470 g/mol. The Morgan fingerprint density at radius 3 is 2.57 bits per heavy atom. The van der Waals surface area contributed by atoms with Crippen LogP contribution in [0, 0.1) is 5.82 Å². The number of halogens is 3. The number of carbonyl (C=O) groups excluding carboxylic acids is 2. The summed E-state index contributed by atoms with van der Waals surface area (Å²) in [5.41, 5.74) is 1.31. The van der Waals surface area contributed by atoms with Gasteiger partial charge in [0, 0.05) is 24.4 Å². The molecule has 0 aromatic heterocycles. The average Bonchev–Trinajstić information content (AvgIpc) is 2.73. The Bertz CT molecular complexity index is 882. The van der Waals surface area contributed by atoms with Crippen molar-refractivity contribution in [1.29, 1.82) is 0 Å². The topological polar surface area (TPSA) is 49.4 Å². The highest BCUT2D eigenvalue weighted by Gasteiger charge is 2.26. The van der Waals surface area contributed by atoms with Gasteiger partial charge >= 0.3 is 0 Å². The molecule has 0 fully saturated rings. The number of benzene rings is 2. The van der Waals surface area contributed by atoms with Crippen LogP contribution < -0.4 is 5.32 Å². The summed E-state index contributed by atoms with van der Waals surface area (Å²) in [6.07, 6.45) is 0.791. The van der Waals surface area contributed by atoms with Gasteiger partial charge in [-0.2, -0.15) is 0 Å². The summed E-state index contributed by atoms with van der Waals surface area (Å²) >= 11 is 13.4. The molecular formula is C22H25Cl2FN2O2S. The lowest BCUT2D eigenvalue weighted by Gasteiger charge is -2.29. The highest BCUT2D eigenvalue weighted by molar-refractivity contribution is 7.99. The molecule has 0 radical (unpaired) electrons. The first kappa shape index (κ1) is 24.5. The number of hydrogen-bond acceptors (Lipinski definition) is 3. The molecule has 8 heteroatoms. The Kier molecular flexibility index (Phi) is 9.95. The predicted molar refractivity (Wildman–Crippen MR) is 122 cm³/mol. The third-order valence-electron chi connectivity index (χ3n) is 4.49. The van der Waals surface area contributed by atoms with Crippen LogP contribution in [0.2, 0.25) is 10.0 Å². The molecule has 0 spiro atoms. The summed E-state index contributed by atoms with van der Waals surface area (Å²) in [6.45, 7) is 4.16. The minimum absolute atomic E-state index is 0.0273. The summed E-state index contributed by atoms with van der Waals surface area (Å²) in [7, 11) is 0. The average molecular weight is 471 g/mol. The quantitative estimate of drug-likeness (QED) is 0.511. The van der Waals surface area contributed by atoms with E-state index in [1.165, 1.54) is 22.7 Å². The van der Waals surface area contributed by atoms with Crippen LogP contribution in [0.3, 0.4) is 0 Å². The van der Waals surface area contributed by atoms with Crippen molar-refractivity contribution in [3.8, 4) is 0 Å². The van der Waals surface area contributed by atoms with Crippen LogP contribution in [0.5, 0.6) is 0 Å². The van der Waals surface area contributed by atoms with E-state index in [4.69, 9.17) is 23.2 Å². The van der Waals surface area contributed by atoms with Crippen LogP contribution in [0.1, 0.15) is 31.4 Å². The van der Waals surface area contributed by atoms with Crippen molar-refractivity contribution < 1.29 is 14.0 Å². The van der Waals surface area contributed by atoms with Gasteiger partial charge in [-0.05, 0) is 37.1 Å². The zero-order valence-electron chi connectivity index (χ0n) is 17.0. The maximum absolute atomic E-state index is 14.2. The van der Waals surface area contributed by atoms with E-state index in [2.05, 4.69) is 5.32 Å². The van der Waals surface area contributed by atoms with E-state index in [9.17, 15) is 14.0 Å². The van der Waals surface area contributed by atoms with Gasteiger partial charge in [0.15, 0.2) is 0 Å². The molecule has 0 saturated carbocycles. The molecule has 162 valence electrons. The molecule has 1 atom stereocenters. The van der Waals surface area contributed by atoms with Gasteiger partial charge in [0.25, 0.3) is 0 Å². The largest absolute Gasteiger partial charge is 0.354 e. The van der Waals surface area contributed by atoms with Crippen molar-refractivity contribution in [3.63, 3.8) is 0 Å². The SMILES string of the molecule is CCCNC(=O)[C@@H](C)N(Cc1ccccc1F)C(=O)CSCc1ccc(Cl)c(Cl)c1. The fourth-order valence-corrected chi connectivity index (χ4v) is 3.94. The van der Waals surface area contributed by atoms with Crippen molar-refractivity contribution in [2.45, 2.75) is 38.6 Å². The molecular weight excluding hydrogens is 446 g/mol. The Morgan fingerprint density at radius 1 is 1.17 bits per heavy atom. The lowest BCUT2D eigenvalue weighted by Crippen LogP contribution is -2.48. The Hall–Kier alpha value is -1.76. The van der Waals surface area contributed by atoms with E-state index in [0.29, 0.717) is 27.9 Å². The summed E-state index contributed by atoms with van der Waals surface area (Å²) in [4.78, 5) is 26.8. The molecule has 2 amide bonds. The second kappa shape index (κ2) is 12.2. The van der Waals surface area contributed by atoms with Gasteiger partial charge in [0.1, 0.15) is 11.9 Å². The summed E-state index contributed by atoms with van der Waals surface area (Å²) in [5, 5.41) is 3.74. The van der Waals surface area contributed by atoms with Crippen LogP contribution in [0.15, 0.2) is 42.5 Å². The first-order chi connectivity index (χ1) is 14.3. The van der Waals surface area contributed by atoms with E-state index < -0.39 is 11.9 Å². The zero-order valence-corrected chi connectivity index (χ0v) is 19.3. The fraction of sp³-hybridized carbons (Fsp3) is 0.364. The highest BCUT2D eigenvalue weighted by Crippen LogP contribution is 2.25. The first-order valence-electron chi connectivity index (χ1n) is 9.65. The summed E-state index contributed by atoms with van der Waals surface area (Å²) < 4.78 is 14.2. The second-order valence-electron chi connectivity index (χ2n) is 6.82. The number of thioether (sulfide) groups is 1. The van der Waals surface area contributed by atoms with Gasteiger partial charge in [0.05, 0.1) is 15.8 Å². The van der Waals surface area contributed by atoms with Crippen molar-refractivity contribution >= 4 is 46.8 Å². The van der Waals surface area contributed by atoms with Gasteiger partial charge in [-0.25, -0.2) is 4.39 Å². The normalized spacial score (nSPS) is 11.8. The Morgan fingerprint density at radius 2 is 1.90 bits per heavy atom. The molecule has 0 saturated heterocycles. The minimum Gasteiger partial charge on any atom is -0.354 e. The van der Waals surface area contributed by atoms with E-state index in [0.717, 1.165) is 12.0 Å². The van der Waals surface area contributed by atoms with Gasteiger partial charge in [-0.15, -0.1) is 11.8 Å². The molecule has 0 heterocycles. The van der Waals surface area contributed by atoms with Crippen molar-refractivity contribution in [1.82, 2.24) is 10.2 Å². The summed E-state index contributed by atoms with van der Waals surface area (Å²) in [5.74, 6) is -0.175. The lowest BCUT2D eigenvalue weighted by molar-refractivity contribution is -0.138. The number of nitrogens with zero attached hydrogens (tertiary/aromatic N) is 1. The molecule has 0 bridgehead atoms. The molecule has 1 N–H and O–H groups in total. The first-order valence-corrected chi connectivity index (χ1v) is 11.6. The van der Waals surface area contributed by atoms with E-state index in [1.807, 2.05) is 13.0 Å². The number of carbonyl (C=O) groups is 2. The van der Waals surface area contributed by atoms with Crippen LogP contribution in [-0.4, -0.2) is 35.1 Å². The molecule has 0 aliphatic heterocycles. The molecule has 0 aliphatic rings. The van der Waals surface area contributed by atoms with Gasteiger partial charge in [-0.1, -0.05) is 54.4 Å². The van der Waals surface area contributed by atoms with Crippen LogP contribution in [0.4, 0.5) is 4.39 Å². The molecule has 0 unspecified atom stereocenters. The van der Waals surface area contributed by atoms with Gasteiger partial charge < -0.3 is 10.2 Å². The van der Waals surface area contributed by atoms with Gasteiger partial charge in [-0.3, -0.25) is 9.59 Å². The second-order valence-corrected chi connectivity index (χ2v) is 8.62. The Balaban J connectivity index is 2.07. The van der Waals surface area contributed by atoms with Crippen molar-refractivity contribution in [2.24, 2.45) is 0 Å². The number of rotatable bonds is 10. The fourth-order valence-electron chi connectivity index (χ4n) is 2.76. The van der Waals surface area contributed by atoms with E-state index >= 15 is 0 Å². The smallest absolute Gasteiger partial charge is 0.242 e. The number of nitrogens with one attached hydrogen (secondary N) is 1.